The van der Waals surface area contributed by atoms with Crippen molar-refractivity contribution in [3.63, 3.8) is 0 Å². The zero-order valence-electron chi connectivity index (χ0n) is 7.23. The van der Waals surface area contributed by atoms with Crippen LogP contribution in [0.5, 0.6) is 0 Å². The number of nitrogens with two attached hydrogens (primary N) is 1. The van der Waals surface area contributed by atoms with Gasteiger partial charge in [-0.2, -0.15) is 0 Å². The summed E-state index contributed by atoms with van der Waals surface area (Å²) < 4.78 is 5.34. The van der Waals surface area contributed by atoms with Gasteiger partial charge in [0.1, 0.15) is 5.58 Å². The van der Waals surface area contributed by atoms with E-state index in [4.69, 9.17) is 10.2 Å². The Morgan fingerprint density at radius 2 is 2.23 bits per heavy atom. The quantitative estimate of drug-likeness (QED) is 0.709. The van der Waals surface area contributed by atoms with Gasteiger partial charge in [0.15, 0.2) is 0 Å². The molecule has 0 unspecified atom stereocenters. The topological polar surface area (TPSA) is 39.2 Å². The largest absolute Gasteiger partial charge is 0.464 e. The van der Waals surface area contributed by atoms with Crippen LogP contribution >= 0.6 is 0 Å². The summed E-state index contributed by atoms with van der Waals surface area (Å²) in [6.07, 6.45) is 3.38. The molecular formula is C11H11NO. The smallest absolute Gasteiger partial charge is 0.138 e. The fourth-order valence-electron chi connectivity index (χ4n) is 1.41. The van der Waals surface area contributed by atoms with E-state index in [0.29, 0.717) is 0 Å². The van der Waals surface area contributed by atoms with Crippen molar-refractivity contribution in [2.45, 2.75) is 6.04 Å². The van der Waals surface area contributed by atoms with Gasteiger partial charge in [-0.3, -0.25) is 0 Å². The standard InChI is InChI=1S/C11H11NO/c1-2-10(12)9-5-3-4-8-6-7-13-11(8)9/h2-7,10H,1,12H2/t10-/m0/s1. The van der Waals surface area contributed by atoms with Gasteiger partial charge in [0, 0.05) is 10.9 Å². The summed E-state index contributed by atoms with van der Waals surface area (Å²) in [5, 5.41) is 1.08. The van der Waals surface area contributed by atoms with Gasteiger partial charge in [0.2, 0.25) is 0 Å². The van der Waals surface area contributed by atoms with Gasteiger partial charge in [-0.1, -0.05) is 24.3 Å². The molecule has 13 heavy (non-hydrogen) atoms. The molecule has 0 saturated heterocycles. The molecule has 0 aliphatic rings. The van der Waals surface area contributed by atoms with E-state index in [0.717, 1.165) is 16.5 Å². The average Bonchev–Trinajstić information content (AvgIpc) is 2.63. The van der Waals surface area contributed by atoms with Crippen molar-refractivity contribution in [2.75, 3.05) is 0 Å². The lowest BCUT2D eigenvalue weighted by Crippen LogP contribution is -2.06. The number of furan rings is 1. The minimum Gasteiger partial charge on any atom is -0.464 e. The number of para-hydroxylation sites is 1. The number of hydrogen-bond donors (Lipinski definition) is 1. The highest BCUT2D eigenvalue weighted by Crippen LogP contribution is 2.24. The molecule has 1 heterocycles. The van der Waals surface area contributed by atoms with Gasteiger partial charge < -0.3 is 10.2 Å². The molecule has 2 heteroatoms. The lowest BCUT2D eigenvalue weighted by atomic mass is 10.1. The highest BCUT2D eigenvalue weighted by molar-refractivity contribution is 5.80. The van der Waals surface area contributed by atoms with Gasteiger partial charge >= 0.3 is 0 Å². The third-order valence-corrected chi connectivity index (χ3v) is 2.12. The van der Waals surface area contributed by atoms with Crippen LogP contribution in [0.2, 0.25) is 0 Å². The Kier molecular flexibility index (Phi) is 1.91. The maximum absolute atomic E-state index is 5.84. The third-order valence-electron chi connectivity index (χ3n) is 2.12. The molecule has 1 aromatic carbocycles. The van der Waals surface area contributed by atoms with Gasteiger partial charge in [-0.15, -0.1) is 6.58 Å². The van der Waals surface area contributed by atoms with Crippen molar-refractivity contribution in [2.24, 2.45) is 5.73 Å². The summed E-state index contributed by atoms with van der Waals surface area (Å²) in [4.78, 5) is 0. The Morgan fingerprint density at radius 1 is 1.38 bits per heavy atom. The molecule has 1 aromatic heterocycles. The predicted molar refractivity (Wildman–Crippen MR) is 53.3 cm³/mol. The summed E-state index contributed by atoms with van der Waals surface area (Å²) in [5.41, 5.74) is 7.68. The van der Waals surface area contributed by atoms with Gasteiger partial charge in [-0.05, 0) is 6.07 Å². The van der Waals surface area contributed by atoms with Crippen LogP contribution in [0.1, 0.15) is 11.6 Å². The Morgan fingerprint density at radius 3 is 3.00 bits per heavy atom. The minimum absolute atomic E-state index is 0.158. The van der Waals surface area contributed by atoms with E-state index in [9.17, 15) is 0 Å². The second-order valence-corrected chi connectivity index (χ2v) is 2.95. The summed E-state index contributed by atoms with van der Waals surface area (Å²) in [5.74, 6) is 0. The zero-order valence-corrected chi connectivity index (χ0v) is 7.23. The van der Waals surface area contributed by atoms with Crippen LogP contribution in [0.3, 0.4) is 0 Å². The molecule has 2 N–H and O–H groups in total. The van der Waals surface area contributed by atoms with E-state index in [1.54, 1.807) is 12.3 Å². The van der Waals surface area contributed by atoms with Crippen LogP contribution in [0.4, 0.5) is 0 Å². The number of fused-ring (bicyclic) bond motifs is 1. The van der Waals surface area contributed by atoms with Crippen molar-refractivity contribution in [1.29, 1.82) is 0 Å². The molecule has 2 aromatic rings. The van der Waals surface area contributed by atoms with Crippen LogP contribution in [-0.4, -0.2) is 0 Å². The lowest BCUT2D eigenvalue weighted by Gasteiger charge is -2.05. The van der Waals surface area contributed by atoms with E-state index in [1.807, 2.05) is 24.3 Å². The summed E-state index contributed by atoms with van der Waals surface area (Å²) >= 11 is 0. The number of rotatable bonds is 2. The SMILES string of the molecule is C=C[C@H](N)c1cccc2ccoc12. The van der Waals surface area contributed by atoms with Crippen molar-refractivity contribution in [3.8, 4) is 0 Å². The highest BCUT2D eigenvalue weighted by Gasteiger charge is 2.07. The molecule has 2 rings (SSSR count). The first-order valence-corrected chi connectivity index (χ1v) is 4.17. The van der Waals surface area contributed by atoms with Crippen molar-refractivity contribution >= 4 is 11.0 Å². The molecule has 0 fully saturated rings. The molecule has 0 aliphatic carbocycles. The molecule has 0 aliphatic heterocycles. The summed E-state index contributed by atoms with van der Waals surface area (Å²) in [7, 11) is 0. The zero-order chi connectivity index (χ0) is 9.26. The Balaban J connectivity index is 2.67. The van der Waals surface area contributed by atoms with Crippen LogP contribution in [0.15, 0.2) is 47.6 Å². The fraction of sp³-hybridized carbons (Fsp3) is 0.0909. The predicted octanol–water partition coefficient (Wildman–Crippen LogP) is 2.62. The average molecular weight is 173 g/mol. The van der Waals surface area contributed by atoms with Crippen LogP contribution in [0.25, 0.3) is 11.0 Å². The molecule has 66 valence electrons. The number of hydrogen-bond acceptors (Lipinski definition) is 2. The first-order chi connectivity index (χ1) is 6.33. The van der Waals surface area contributed by atoms with Crippen LogP contribution < -0.4 is 5.73 Å². The molecule has 0 bridgehead atoms. The van der Waals surface area contributed by atoms with E-state index in [1.165, 1.54) is 0 Å². The Labute approximate surface area is 76.7 Å². The van der Waals surface area contributed by atoms with E-state index < -0.39 is 0 Å². The molecule has 0 spiro atoms. The molecule has 0 saturated carbocycles. The van der Waals surface area contributed by atoms with E-state index in [-0.39, 0.29) is 6.04 Å². The van der Waals surface area contributed by atoms with Crippen molar-refractivity contribution < 1.29 is 4.42 Å². The first-order valence-electron chi connectivity index (χ1n) is 4.17. The highest BCUT2D eigenvalue weighted by atomic mass is 16.3. The van der Waals surface area contributed by atoms with Crippen LogP contribution in [-0.2, 0) is 0 Å². The fourth-order valence-corrected chi connectivity index (χ4v) is 1.41. The second kappa shape index (κ2) is 3.07. The molecule has 2 nitrogen and oxygen atoms in total. The molecule has 1 atom stereocenters. The molecule has 0 amide bonds. The monoisotopic (exact) mass is 173 g/mol. The van der Waals surface area contributed by atoms with Gasteiger partial charge in [0.05, 0.1) is 12.3 Å². The van der Waals surface area contributed by atoms with E-state index in [2.05, 4.69) is 6.58 Å². The normalized spacial score (nSPS) is 13.0. The minimum atomic E-state index is -0.158. The maximum Gasteiger partial charge on any atom is 0.138 e. The lowest BCUT2D eigenvalue weighted by molar-refractivity contribution is 0.608. The molecular weight excluding hydrogens is 162 g/mol. The van der Waals surface area contributed by atoms with Crippen molar-refractivity contribution in [3.05, 3.63) is 48.7 Å². The van der Waals surface area contributed by atoms with Gasteiger partial charge in [0.25, 0.3) is 0 Å². The second-order valence-electron chi connectivity index (χ2n) is 2.95. The number of benzene rings is 1. The van der Waals surface area contributed by atoms with E-state index >= 15 is 0 Å². The Bertz CT molecular complexity index is 430. The Hall–Kier alpha value is -1.54. The molecule has 0 radical (unpaired) electrons. The first kappa shape index (κ1) is 8.08. The van der Waals surface area contributed by atoms with Gasteiger partial charge in [-0.25, -0.2) is 0 Å². The summed E-state index contributed by atoms with van der Waals surface area (Å²) in [6, 6.07) is 7.69. The third kappa shape index (κ3) is 1.25. The van der Waals surface area contributed by atoms with Crippen LogP contribution in [0, 0.1) is 0 Å². The maximum atomic E-state index is 5.84. The van der Waals surface area contributed by atoms with Crippen molar-refractivity contribution in [1.82, 2.24) is 0 Å². The summed E-state index contributed by atoms with van der Waals surface area (Å²) in [6.45, 7) is 3.66.